The molecule has 1 aromatic heterocycles. The predicted molar refractivity (Wildman–Crippen MR) is 63.1 cm³/mol. The molecule has 6 heteroatoms. The third kappa shape index (κ3) is 1.43. The summed E-state index contributed by atoms with van der Waals surface area (Å²) in [6, 6.07) is -0.233. The smallest absolute Gasteiger partial charge is 0.249 e. The molecule has 1 aliphatic rings. The van der Waals surface area contributed by atoms with E-state index in [9.17, 15) is 4.79 Å². The molecule has 5 nitrogen and oxygen atoms in total. The Bertz CT molecular complexity index is 462. The number of carbonyl (C=O) groups is 1. The first kappa shape index (κ1) is 11.1. The van der Waals surface area contributed by atoms with Crippen molar-refractivity contribution in [2.45, 2.75) is 19.9 Å². The first-order valence-electron chi connectivity index (χ1n) is 4.98. The summed E-state index contributed by atoms with van der Waals surface area (Å²) in [5.41, 5.74) is 1.44. The van der Waals surface area contributed by atoms with Crippen molar-refractivity contribution in [3.05, 3.63) is 11.0 Å². The van der Waals surface area contributed by atoms with Crippen molar-refractivity contribution in [3.63, 3.8) is 0 Å². The number of hydrogen-bond acceptors (Lipinski definition) is 4. The molecule has 0 fully saturated rings. The van der Waals surface area contributed by atoms with Crippen LogP contribution in [0, 0.1) is 6.92 Å². The molecule has 86 valence electrons. The molecule has 2 heterocycles. The number of fused-ring (bicyclic) bond motifs is 1. The van der Waals surface area contributed by atoms with Crippen molar-refractivity contribution >= 4 is 29.0 Å². The fourth-order valence-corrected chi connectivity index (χ4v) is 2.10. The summed E-state index contributed by atoms with van der Waals surface area (Å²) >= 11 is 5.83. The monoisotopic (exact) mass is 240 g/mol. The van der Waals surface area contributed by atoms with Crippen molar-refractivity contribution < 1.29 is 4.79 Å². The van der Waals surface area contributed by atoms with Gasteiger partial charge in [0, 0.05) is 14.1 Å². The highest BCUT2D eigenvalue weighted by atomic mass is 35.5. The van der Waals surface area contributed by atoms with Gasteiger partial charge in [0.1, 0.15) is 11.7 Å². The lowest BCUT2D eigenvalue weighted by molar-refractivity contribution is -0.119. The fourth-order valence-electron chi connectivity index (χ4n) is 1.90. The highest BCUT2D eigenvalue weighted by Gasteiger charge is 2.34. The van der Waals surface area contributed by atoms with Gasteiger partial charge in [0.15, 0.2) is 5.82 Å². The number of nitrogens with zero attached hydrogens (tertiary/aromatic N) is 4. The second kappa shape index (κ2) is 3.59. The Hall–Kier alpha value is -1.36. The molecule has 0 saturated heterocycles. The number of rotatable bonds is 0. The summed E-state index contributed by atoms with van der Waals surface area (Å²) in [7, 11) is 3.56. The van der Waals surface area contributed by atoms with Crippen LogP contribution in [0.5, 0.6) is 0 Å². The second-order valence-electron chi connectivity index (χ2n) is 3.93. The van der Waals surface area contributed by atoms with Gasteiger partial charge in [-0.15, -0.1) is 0 Å². The topological polar surface area (TPSA) is 49.3 Å². The van der Waals surface area contributed by atoms with E-state index in [2.05, 4.69) is 9.97 Å². The van der Waals surface area contributed by atoms with Crippen molar-refractivity contribution in [2.75, 3.05) is 23.9 Å². The van der Waals surface area contributed by atoms with Gasteiger partial charge in [-0.25, -0.2) is 4.98 Å². The van der Waals surface area contributed by atoms with E-state index in [1.807, 2.05) is 25.8 Å². The van der Waals surface area contributed by atoms with Crippen molar-refractivity contribution in [1.29, 1.82) is 0 Å². The average molecular weight is 241 g/mol. The van der Waals surface area contributed by atoms with E-state index in [0.717, 1.165) is 5.69 Å². The van der Waals surface area contributed by atoms with Crippen LogP contribution in [-0.4, -0.2) is 36.0 Å². The Morgan fingerprint density at radius 3 is 2.56 bits per heavy atom. The molecule has 0 aromatic carbocycles. The number of amides is 1. The van der Waals surface area contributed by atoms with Crippen LogP contribution in [0.15, 0.2) is 0 Å². The molecule has 0 unspecified atom stereocenters. The van der Waals surface area contributed by atoms with Crippen LogP contribution in [0.1, 0.15) is 12.6 Å². The van der Waals surface area contributed by atoms with E-state index >= 15 is 0 Å². The highest BCUT2D eigenvalue weighted by Crippen LogP contribution is 2.35. The Kier molecular flexibility index (Phi) is 2.50. The number of aryl methyl sites for hydroxylation is 1. The molecule has 0 N–H and O–H groups in total. The van der Waals surface area contributed by atoms with Crippen LogP contribution in [0.2, 0.25) is 5.28 Å². The molecule has 1 aromatic rings. The maximum absolute atomic E-state index is 11.9. The lowest BCUT2D eigenvalue weighted by atomic mass is 10.1. The van der Waals surface area contributed by atoms with Crippen molar-refractivity contribution in [3.8, 4) is 0 Å². The Balaban J connectivity index is 2.68. The second-order valence-corrected chi connectivity index (χ2v) is 4.27. The van der Waals surface area contributed by atoms with Crippen LogP contribution < -0.4 is 9.80 Å². The summed E-state index contributed by atoms with van der Waals surface area (Å²) < 4.78 is 0. The molecule has 0 bridgehead atoms. The first-order valence-corrected chi connectivity index (χ1v) is 5.35. The lowest BCUT2D eigenvalue weighted by Crippen LogP contribution is -2.49. The van der Waals surface area contributed by atoms with E-state index < -0.39 is 0 Å². The number of anilines is 2. The summed E-state index contributed by atoms with van der Waals surface area (Å²) in [5, 5.41) is 0.207. The molecule has 0 spiro atoms. The molecular weight excluding hydrogens is 228 g/mol. The van der Waals surface area contributed by atoms with Crippen LogP contribution in [0.25, 0.3) is 0 Å². The number of aromatic nitrogens is 2. The van der Waals surface area contributed by atoms with Crippen LogP contribution in [0.3, 0.4) is 0 Å². The van der Waals surface area contributed by atoms with Crippen LogP contribution >= 0.6 is 11.6 Å². The van der Waals surface area contributed by atoms with E-state index in [-0.39, 0.29) is 17.2 Å². The van der Waals surface area contributed by atoms with Crippen molar-refractivity contribution in [2.24, 2.45) is 0 Å². The zero-order valence-corrected chi connectivity index (χ0v) is 10.4. The molecule has 1 atom stereocenters. The molecule has 0 saturated carbocycles. The zero-order chi connectivity index (χ0) is 12.0. The van der Waals surface area contributed by atoms with Gasteiger partial charge >= 0.3 is 0 Å². The standard InChI is InChI=1S/C10H13ClN4O/c1-5-7-8(13-10(11)12-5)14(3)6(2)9(16)15(7)4/h6H,1-4H3/t6-/m0/s1. The first-order chi connectivity index (χ1) is 7.43. The normalized spacial score (nSPS) is 20.1. The molecule has 16 heavy (non-hydrogen) atoms. The number of carbonyl (C=O) groups excluding carboxylic acids is 1. The summed E-state index contributed by atoms with van der Waals surface area (Å²) in [6.07, 6.45) is 0. The van der Waals surface area contributed by atoms with Gasteiger partial charge < -0.3 is 9.80 Å². The average Bonchev–Trinajstić information content (AvgIpc) is 2.22. The molecule has 0 radical (unpaired) electrons. The molecule has 1 aliphatic heterocycles. The van der Waals surface area contributed by atoms with E-state index in [1.54, 1.807) is 11.9 Å². The maximum atomic E-state index is 11.9. The quantitative estimate of drug-likeness (QED) is 0.641. The van der Waals surface area contributed by atoms with Gasteiger partial charge in [0.05, 0.1) is 5.69 Å². The predicted octanol–water partition coefficient (Wildman–Crippen LogP) is 1.24. The SMILES string of the molecule is Cc1nc(Cl)nc2c1N(C)C(=O)[C@H](C)N2C. The Morgan fingerprint density at radius 1 is 1.31 bits per heavy atom. The third-order valence-corrected chi connectivity index (χ3v) is 3.12. The van der Waals surface area contributed by atoms with Gasteiger partial charge in [-0.2, -0.15) is 4.98 Å². The number of likely N-dealkylation sites (N-methyl/N-ethyl adjacent to an activating group) is 2. The third-order valence-electron chi connectivity index (χ3n) is 2.95. The molecule has 0 aliphatic carbocycles. The van der Waals surface area contributed by atoms with Gasteiger partial charge in [-0.3, -0.25) is 4.79 Å². The molecule has 2 rings (SSSR count). The minimum atomic E-state index is -0.233. The van der Waals surface area contributed by atoms with Gasteiger partial charge in [0.25, 0.3) is 0 Å². The molecule has 1 amide bonds. The lowest BCUT2D eigenvalue weighted by Gasteiger charge is -2.37. The minimum Gasteiger partial charge on any atom is -0.346 e. The Morgan fingerprint density at radius 2 is 1.94 bits per heavy atom. The maximum Gasteiger partial charge on any atom is 0.249 e. The van der Waals surface area contributed by atoms with E-state index in [4.69, 9.17) is 11.6 Å². The van der Waals surface area contributed by atoms with Crippen molar-refractivity contribution in [1.82, 2.24) is 9.97 Å². The largest absolute Gasteiger partial charge is 0.346 e. The highest BCUT2D eigenvalue weighted by molar-refractivity contribution is 6.28. The minimum absolute atomic E-state index is 0.0315. The summed E-state index contributed by atoms with van der Waals surface area (Å²) in [6.45, 7) is 3.66. The summed E-state index contributed by atoms with van der Waals surface area (Å²) in [5.74, 6) is 0.733. The fraction of sp³-hybridized carbons (Fsp3) is 0.500. The van der Waals surface area contributed by atoms with Crippen LogP contribution in [0.4, 0.5) is 11.5 Å². The number of hydrogen-bond donors (Lipinski definition) is 0. The summed E-state index contributed by atoms with van der Waals surface area (Å²) in [4.78, 5) is 23.6. The van der Waals surface area contributed by atoms with Gasteiger partial charge in [-0.1, -0.05) is 0 Å². The van der Waals surface area contributed by atoms with Crippen LogP contribution in [-0.2, 0) is 4.79 Å². The Labute approximate surface area is 99.0 Å². The van der Waals surface area contributed by atoms with Gasteiger partial charge in [0.2, 0.25) is 11.2 Å². The van der Waals surface area contributed by atoms with E-state index in [1.165, 1.54) is 0 Å². The zero-order valence-electron chi connectivity index (χ0n) is 9.65. The van der Waals surface area contributed by atoms with Gasteiger partial charge in [-0.05, 0) is 25.4 Å². The number of halogens is 1. The molecular formula is C10H13ClN4O. The van der Waals surface area contributed by atoms with E-state index in [0.29, 0.717) is 11.5 Å².